The predicted octanol–water partition coefficient (Wildman–Crippen LogP) is 2.87. The molecule has 130 valence electrons. The second-order valence-electron chi connectivity index (χ2n) is 5.63. The minimum absolute atomic E-state index is 0.116. The van der Waals surface area contributed by atoms with Crippen molar-refractivity contribution >= 4 is 17.7 Å². The van der Waals surface area contributed by atoms with E-state index in [2.05, 4.69) is 10.3 Å². The van der Waals surface area contributed by atoms with E-state index < -0.39 is 24.0 Å². The molecule has 2 atom stereocenters. The summed E-state index contributed by atoms with van der Waals surface area (Å²) in [5.74, 6) is 0.000458. The molecule has 3 rings (SSSR count). The van der Waals surface area contributed by atoms with Crippen LogP contribution in [-0.4, -0.2) is 24.8 Å². The quantitative estimate of drug-likeness (QED) is 0.844. The third-order valence-electron chi connectivity index (χ3n) is 3.98. The molecular weight excluding hydrogens is 324 g/mol. The minimum Gasteiger partial charge on any atom is -0.497 e. The molecule has 0 saturated heterocycles. The number of rotatable bonds is 5. The van der Waals surface area contributed by atoms with Gasteiger partial charge in [0.15, 0.2) is 0 Å². The zero-order valence-corrected chi connectivity index (χ0v) is 13.9. The highest BCUT2D eigenvalue weighted by molar-refractivity contribution is 6.08. The largest absolute Gasteiger partial charge is 0.497 e. The third-order valence-corrected chi connectivity index (χ3v) is 3.98. The molecule has 7 heteroatoms. The number of esters is 1. The van der Waals surface area contributed by atoms with Gasteiger partial charge in [-0.2, -0.15) is 0 Å². The summed E-state index contributed by atoms with van der Waals surface area (Å²) in [4.78, 5) is 28.1. The van der Waals surface area contributed by atoms with Crippen molar-refractivity contribution < 1.29 is 23.5 Å². The van der Waals surface area contributed by atoms with Gasteiger partial charge in [0.1, 0.15) is 30.1 Å². The average molecular weight is 342 g/mol. The Morgan fingerprint density at radius 2 is 2.04 bits per heavy atom. The summed E-state index contributed by atoms with van der Waals surface area (Å²) >= 11 is 0. The molecule has 0 bridgehead atoms. The molecule has 1 aromatic carbocycles. The van der Waals surface area contributed by atoms with Crippen molar-refractivity contribution in [1.29, 1.82) is 0 Å². The maximum Gasteiger partial charge on any atom is 0.341 e. The predicted molar refractivity (Wildman–Crippen MR) is 89.4 cm³/mol. The van der Waals surface area contributed by atoms with E-state index in [0.717, 1.165) is 11.3 Å². The summed E-state index contributed by atoms with van der Waals surface area (Å²) in [5, 5.41) is 2.66. The average Bonchev–Trinajstić information content (AvgIpc) is 3.14. The second kappa shape index (κ2) is 7.21. The number of carbonyl (C=O) groups excluding carboxylic acids is 2. The lowest BCUT2D eigenvalue weighted by Gasteiger charge is -2.27. The molecule has 2 heterocycles. The number of urea groups is 1. The number of nitrogens with zero attached hydrogens (tertiary/aromatic N) is 1. The van der Waals surface area contributed by atoms with Crippen LogP contribution in [0.5, 0.6) is 5.75 Å². The van der Waals surface area contributed by atoms with Gasteiger partial charge in [-0.15, -0.1) is 0 Å². The summed E-state index contributed by atoms with van der Waals surface area (Å²) in [6.07, 6.45) is 1.49. The molecule has 0 saturated carbocycles. The SMILES string of the molecule is COc1ccc(COC(=O)C2C(C)=NC(=O)N[C@H]2c2ccco2)cc1. The second-order valence-corrected chi connectivity index (χ2v) is 5.63. The summed E-state index contributed by atoms with van der Waals surface area (Å²) in [7, 11) is 1.59. The first-order chi connectivity index (χ1) is 12.1. The molecule has 1 aliphatic rings. The number of hydrogen-bond donors (Lipinski definition) is 1. The molecule has 0 radical (unpaired) electrons. The van der Waals surface area contributed by atoms with E-state index in [0.29, 0.717) is 11.5 Å². The first-order valence-corrected chi connectivity index (χ1v) is 7.77. The van der Waals surface area contributed by atoms with Gasteiger partial charge in [0.05, 0.1) is 13.4 Å². The Balaban J connectivity index is 1.73. The Hall–Kier alpha value is -3.09. The highest BCUT2D eigenvalue weighted by Gasteiger charge is 2.39. The van der Waals surface area contributed by atoms with Gasteiger partial charge in [-0.3, -0.25) is 4.79 Å². The molecule has 2 amide bonds. The normalized spacial score (nSPS) is 19.8. The molecule has 0 spiro atoms. The number of hydrogen-bond acceptors (Lipinski definition) is 5. The minimum atomic E-state index is -0.734. The molecular formula is C18H18N2O5. The standard InChI is InChI=1S/C18H18N2O5/c1-11-15(16(20-18(22)19-11)14-4-3-9-24-14)17(21)25-10-12-5-7-13(23-2)8-6-12/h3-9,15-16H,10H2,1-2H3,(H,20,22)/t15?,16-/m0/s1. The van der Waals surface area contributed by atoms with E-state index in [9.17, 15) is 9.59 Å². The fourth-order valence-electron chi connectivity index (χ4n) is 2.70. The number of aliphatic imine (C=N–C) groups is 1. The first kappa shape index (κ1) is 16.8. The monoisotopic (exact) mass is 342 g/mol. The lowest BCUT2D eigenvalue weighted by atomic mass is 9.92. The van der Waals surface area contributed by atoms with E-state index in [1.165, 1.54) is 6.26 Å². The van der Waals surface area contributed by atoms with Gasteiger partial charge >= 0.3 is 12.0 Å². The highest BCUT2D eigenvalue weighted by atomic mass is 16.5. The van der Waals surface area contributed by atoms with Gasteiger partial charge < -0.3 is 19.2 Å². The van der Waals surface area contributed by atoms with Crippen LogP contribution in [0.1, 0.15) is 24.3 Å². The number of ether oxygens (including phenoxy) is 2. The fourth-order valence-corrected chi connectivity index (χ4v) is 2.70. The van der Waals surface area contributed by atoms with E-state index in [1.807, 2.05) is 12.1 Å². The van der Waals surface area contributed by atoms with Gasteiger partial charge in [-0.05, 0) is 36.8 Å². The molecule has 0 fully saturated rings. The Kier molecular flexibility index (Phi) is 4.83. The Morgan fingerprint density at radius 3 is 2.68 bits per heavy atom. The highest BCUT2D eigenvalue weighted by Crippen LogP contribution is 2.28. The number of benzene rings is 1. The topological polar surface area (TPSA) is 90.1 Å². The van der Waals surface area contributed by atoms with Crippen LogP contribution in [-0.2, 0) is 16.1 Å². The van der Waals surface area contributed by atoms with Gasteiger partial charge in [0.25, 0.3) is 0 Å². The van der Waals surface area contributed by atoms with Crippen molar-refractivity contribution in [2.24, 2.45) is 10.9 Å². The van der Waals surface area contributed by atoms with Crippen molar-refractivity contribution in [2.75, 3.05) is 7.11 Å². The summed E-state index contributed by atoms with van der Waals surface area (Å²) < 4.78 is 15.9. The first-order valence-electron chi connectivity index (χ1n) is 7.77. The van der Waals surface area contributed by atoms with E-state index in [4.69, 9.17) is 13.9 Å². The maximum absolute atomic E-state index is 12.6. The zero-order valence-electron chi connectivity index (χ0n) is 13.9. The van der Waals surface area contributed by atoms with Crippen LogP contribution >= 0.6 is 0 Å². The summed E-state index contributed by atoms with van der Waals surface area (Å²) in [6, 6.07) is 9.49. The molecule has 1 aliphatic heterocycles. The summed E-state index contributed by atoms with van der Waals surface area (Å²) in [6.45, 7) is 1.75. The van der Waals surface area contributed by atoms with Gasteiger partial charge in [0.2, 0.25) is 0 Å². The van der Waals surface area contributed by atoms with Gasteiger partial charge in [-0.25, -0.2) is 9.79 Å². The molecule has 7 nitrogen and oxygen atoms in total. The van der Waals surface area contributed by atoms with Crippen molar-refractivity contribution in [3.05, 3.63) is 54.0 Å². The van der Waals surface area contributed by atoms with Crippen LogP contribution in [0.15, 0.2) is 52.1 Å². The van der Waals surface area contributed by atoms with Crippen molar-refractivity contribution in [3.8, 4) is 5.75 Å². The van der Waals surface area contributed by atoms with Crippen LogP contribution in [0.2, 0.25) is 0 Å². The fraction of sp³-hybridized carbons (Fsp3) is 0.278. The van der Waals surface area contributed by atoms with Crippen LogP contribution < -0.4 is 10.1 Å². The van der Waals surface area contributed by atoms with E-state index in [1.54, 1.807) is 38.3 Å². The molecule has 2 aromatic rings. The van der Waals surface area contributed by atoms with Crippen LogP contribution in [0.3, 0.4) is 0 Å². The van der Waals surface area contributed by atoms with Crippen molar-refractivity contribution in [3.63, 3.8) is 0 Å². The Bertz CT molecular complexity index is 780. The van der Waals surface area contributed by atoms with Crippen molar-refractivity contribution in [2.45, 2.75) is 19.6 Å². The van der Waals surface area contributed by atoms with E-state index >= 15 is 0 Å². The van der Waals surface area contributed by atoms with Crippen LogP contribution in [0.4, 0.5) is 4.79 Å². The number of methoxy groups -OCH3 is 1. The lowest BCUT2D eigenvalue weighted by Crippen LogP contribution is -2.44. The van der Waals surface area contributed by atoms with Crippen LogP contribution in [0, 0.1) is 5.92 Å². The number of nitrogens with one attached hydrogen (secondary N) is 1. The van der Waals surface area contributed by atoms with Crippen LogP contribution in [0.25, 0.3) is 0 Å². The lowest BCUT2D eigenvalue weighted by molar-refractivity contribution is -0.148. The molecule has 1 aromatic heterocycles. The van der Waals surface area contributed by atoms with Gasteiger partial charge in [0, 0.05) is 5.71 Å². The van der Waals surface area contributed by atoms with E-state index in [-0.39, 0.29) is 6.61 Å². The smallest absolute Gasteiger partial charge is 0.341 e. The Labute approximate surface area is 144 Å². The van der Waals surface area contributed by atoms with Gasteiger partial charge in [-0.1, -0.05) is 12.1 Å². The molecule has 1 N–H and O–H groups in total. The molecule has 0 aliphatic carbocycles. The molecule has 1 unspecified atom stereocenters. The third kappa shape index (κ3) is 3.71. The molecule has 25 heavy (non-hydrogen) atoms. The Morgan fingerprint density at radius 1 is 1.28 bits per heavy atom. The van der Waals surface area contributed by atoms with Crippen molar-refractivity contribution in [1.82, 2.24) is 5.32 Å². The number of amides is 2. The number of carbonyl (C=O) groups is 2. The summed E-state index contributed by atoms with van der Waals surface area (Å²) in [5.41, 5.74) is 1.23. The zero-order chi connectivity index (χ0) is 17.8. The maximum atomic E-state index is 12.6. The number of furan rings is 1.